The number of alkyl halides is 3. The van der Waals surface area contributed by atoms with Gasteiger partial charge in [-0.15, -0.1) is 0 Å². The maximum atomic E-state index is 13.4. The third-order valence-corrected chi connectivity index (χ3v) is 2.51. The highest BCUT2D eigenvalue weighted by atomic mass is 35.5. The van der Waals surface area contributed by atoms with Crippen LogP contribution in [0.4, 0.5) is 13.2 Å². The van der Waals surface area contributed by atoms with Crippen LogP contribution in [-0.2, 0) is 4.79 Å². The Kier molecular flexibility index (Phi) is 7.76. The van der Waals surface area contributed by atoms with Crippen molar-refractivity contribution in [3.63, 3.8) is 0 Å². The van der Waals surface area contributed by atoms with E-state index in [0.29, 0.717) is 36.3 Å². The van der Waals surface area contributed by atoms with E-state index in [0.717, 1.165) is 0 Å². The first kappa shape index (κ1) is 18.3. The van der Waals surface area contributed by atoms with E-state index in [4.69, 9.17) is 21.4 Å². The lowest BCUT2D eigenvalue weighted by atomic mass is 10.0. The van der Waals surface area contributed by atoms with Gasteiger partial charge in [-0.05, 0) is 30.7 Å². The molecule has 1 unspecified atom stereocenters. The zero-order valence-electron chi connectivity index (χ0n) is 11.1. The average molecular weight is 311 g/mol. The van der Waals surface area contributed by atoms with Gasteiger partial charge in [0.15, 0.2) is 0 Å². The maximum absolute atomic E-state index is 13.4. The lowest BCUT2D eigenvalue weighted by Crippen LogP contribution is -2.23. The zero-order valence-corrected chi connectivity index (χ0v) is 11.8. The third kappa shape index (κ3) is 4.16. The van der Waals surface area contributed by atoms with Gasteiger partial charge in [0.2, 0.25) is 0 Å². The average Bonchev–Trinajstić information content (AvgIpc) is 2.43. The lowest BCUT2D eigenvalue weighted by Gasteiger charge is -2.21. The Balaban J connectivity index is 0.000000829. The van der Waals surface area contributed by atoms with Crippen LogP contribution >= 0.6 is 11.6 Å². The highest BCUT2D eigenvalue weighted by Crippen LogP contribution is 2.35. The highest BCUT2D eigenvalue weighted by molar-refractivity contribution is 6.30. The number of fused-ring (bicyclic) bond motifs is 1. The molecule has 112 valence electrons. The predicted octanol–water partition coefficient (Wildman–Crippen LogP) is 3.98. The van der Waals surface area contributed by atoms with E-state index in [-0.39, 0.29) is 0 Å². The fraction of sp³-hybridized carbons (Fsp3) is 0.308. The summed E-state index contributed by atoms with van der Waals surface area (Å²) in [6, 6.07) is 3.17. The molecule has 3 nitrogen and oxygen atoms in total. The summed E-state index contributed by atoms with van der Waals surface area (Å²) in [7, 11) is 1.00. The number of halogens is 4. The topological polar surface area (TPSA) is 46.5 Å². The van der Waals surface area contributed by atoms with Crippen molar-refractivity contribution < 1.29 is 27.8 Å². The van der Waals surface area contributed by atoms with Crippen molar-refractivity contribution >= 4 is 23.6 Å². The van der Waals surface area contributed by atoms with Crippen molar-refractivity contribution in [1.82, 2.24) is 0 Å². The van der Waals surface area contributed by atoms with Crippen LogP contribution in [0.5, 0.6) is 5.75 Å². The molecule has 0 saturated heterocycles. The Morgan fingerprint density at radius 2 is 1.85 bits per heavy atom. The standard InChI is InChI=1S/C11H8ClFO3.2CH3F/c1-5-2-7(12)3-6-4-8(11(14)15)10(13)16-9(5)6;2*1-2/h2-4,10H,1H3,(H,14,15);2*1H3. The molecule has 0 aromatic heterocycles. The molecule has 0 radical (unpaired) electrons. The summed E-state index contributed by atoms with van der Waals surface area (Å²) in [5.74, 6) is -1.00. The minimum atomic E-state index is -1.94. The second-order valence-corrected chi connectivity index (χ2v) is 3.92. The van der Waals surface area contributed by atoms with Crippen molar-refractivity contribution in [3.05, 3.63) is 33.9 Å². The number of aryl methyl sites for hydroxylation is 1. The van der Waals surface area contributed by atoms with Crippen molar-refractivity contribution in [2.75, 3.05) is 14.4 Å². The summed E-state index contributed by atoms with van der Waals surface area (Å²) in [5, 5.41) is 9.21. The van der Waals surface area contributed by atoms with Crippen LogP contribution in [0.25, 0.3) is 6.08 Å². The van der Waals surface area contributed by atoms with E-state index < -0.39 is 17.9 Å². The number of hydrogen-bond donors (Lipinski definition) is 1. The van der Waals surface area contributed by atoms with Crippen LogP contribution in [0.2, 0.25) is 5.02 Å². The van der Waals surface area contributed by atoms with E-state index in [9.17, 15) is 18.0 Å². The minimum absolute atomic E-state index is 0.335. The quantitative estimate of drug-likeness (QED) is 0.853. The molecule has 0 aliphatic carbocycles. The third-order valence-electron chi connectivity index (χ3n) is 2.29. The Hall–Kier alpha value is -1.69. The number of carboxylic acids is 1. The van der Waals surface area contributed by atoms with E-state index in [2.05, 4.69) is 0 Å². The van der Waals surface area contributed by atoms with Gasteiger partial charge >= 0.3 is 5.97 Å². The van der Waals surface area contributed by atoms with Gasteiger partial charge in [0.1, 0.15) is 11.3 Å². The highest BCUT2D eigenvalue weighted by Gasteiger charge is 2.28. The second-order valence-electron chi connectivity index (χ2n) is 3.48. The van der Waals surface area contributed by atoms with Gasteiger partial charge < -0.3 is 9.84 Å². The van der Waals surface area contributed by atoms with Gasteiger partial charge in [0.25, 0.3) is 6.36 Å². The fourth-order valence-electron chi connectivity index (χ4n) is 1.58. The van der Waals surface area contributed by atoms with Crippen LogP contribution < -0.4 is 4.74 Å². The van der Waals surface area contributed by atoms with Gasteiger partial charge in [-0.2, -0.15) is 4.39 Å². The molecule has 1 aromatic rings. The lowest BCUT2D eigenvalue weighted by molar-refractivity contribution is -0.134. The SMILES string of the molecule is CF.CF.Cc1cc(Cl)cc2c1OC(F)C(C(=O)O)=C2. The first-order valence-electron chi connectivity index (χ1n) is 5.30. The van der Waals surface area contributed by atoms with Crippen LogP contribution in [-0.4, -0.2) is 31.8 Å². The Morgan fingerprint density at radius 3 is 2.35 bits per heavy atom. The predicted molar refractivity (Wildman–Crippen MR) is 71.4 cm³/mol. The Morgan fingerprint density at radius 1 is 1.30 bits per heavy atom. The van der Waals surface area contributed by atoms with Crippen LogP contribution in [0.1, 0.15) is 11.1 Å². The fourth-order valence-corrected chi connectivity index (χ4v) is 1.86. The molecular formula is C13H14ClF3O3. The Bertz CT molecular complexity index is 504. The van der Waals surface area contributed by atoms with Crippen molar-refractivity contribution in [2.45, 2.75) is 13.3 Å². The summed E-state index contributed by atoms with van der Waals surface area (Å²) in [6.45, 7) is 1.72. The summed E-state index contributed by atoms with van der Waals surface area (Å²) in [6.07, 6.45) is -0.699. The molecule has 1 aliphatic heterocycles. The molecule has 7 heteroatoms. The smallest absolute Gasteiger partial charge is 0.338 e. The molecule has 20 heavy (non-hydrogen) atoms. The van der Waals surface area contributed by atoms with Crippen LogP contribution in [0.15, 0.2) is 17.7 Å². The molecule has 1 heterocycles. The van der Waals surface area contributed by atoms with Crippen molar-refractivity contribution in [2.24, 2.45) is 0 Å². The van der Waals surface area contributed by atoms with Crippen LogP contribution in [0.3, 0.4) is 0 Å². The number of hydrogen-bond acceptors (Lipinski definition) is 2. The number of ether oxygens (including phenoxy) is 1. The molecule has 0 spiro atoms. The first-order chi connectivity index (χ1) is 9.49. The summed E-state index contributed by atoms with van der Waals surface area (Å²) < 4.78 is 37.3. The summed E-state index contributed by atoms with van der Waals surface area (Å²) >= 11 is 5.82. The molecule has 2 rings (SSSR count). The van der Waals surface area contributed by atoms with E-state index >= 15 is 0 Å². The number of carboxylic acid groups (broad SMARTS) is 1. The molecule has 0 bridgehead atoms. The number of benzene rings is 1. The Labute approximate surface area is 119 Å². The van der Waals surface area contributed by atoms with E-state index in [1.165, 1.54) is 6.08 Å². The summed E-state index contributed by atoms with van der Waals surface area (Å²) in [4.78, 5) is 10.7. The number of rotatable bonds is 1. The van der Waals surface area contributed by atoms with E-state index in [1.54, 1.807) is 19.1 Å². The molecule has 1 N–H and O–H groups in total. The van der Waals surface area contributed by atoms with Crippen molar-refractivity contribution in [3.8, 4) is 5.75 Å². The van der Waals surface area contributed by atoms with E-state index in [1.807, 2.05) is 0 Å². The normalized spacial score (nSPS) is 15.3. The minimum Gasteiger partial charge on any atom is -0.478 e. The molecule has 1 atom stereocenters. The van der Waals surface area contributed by atoms with Gasteiger partial charge in [-0.1, -0.05) is 11.6 Å². The van der Waals surface area contributed by atoms with Crippen LogP contribution in [0, 0.1) is 6.92 Å². The molecule has 0 amide bonds. The zero-order chi connectivity index (χ0) is 15.9. The summed E-state index contributed by atoms with van der Waals surface area (Å²) in [5.41, 5.74) is 0.733. The molecule has 1 aromatic carbocycles. The maximum Gasteiger partial charge on any atom is 0.338 e. The van der Waals surface area contributed by atoms with Gasteiger partial charge in [0.05, 0.1) is 14.4 Å². The largest absolute Gasteiger partial charge is 0.478 e. The molecular weight excluding hydrogens is 297 g/mol. The van der Waals surface area contributed by atoms with Gasteiger partial charge in [0, 0.05) is 10.6 Å². The first-order valence-corrected chi connectivity index (χ1v) is 5.68. The monoisotopic (exact) mass is 310 g/mol. The molecule has 1 aliphatic rings. The number of carbonyl (C=O) groups is 1. The molecule has 0 saturated carbocycles. The number of aliphatic carboxylic acids is 1. The van der Waals surface area contributed by atoms with Gasteiger partial charge in [-0.3, -0.25) is 8.78 Å². The molecule has 0 fully saturated rings. The second kappa shape index (κ2) is 8.47. The van der Waals surface area contributed by atoms with Gasteiger partial charge in [-0.25, -0.2) is 4.79 Å². The van der Waals surface area contributed by atoms with Crippen molar-refractivity contribution in [1.29, 1.82) is 0 Å².